The van der Waals surface area contributed by atoms with E-state index in [-0.39, 0.29) is 34.3 Å². The zero-order valence-electron chi connectivity index (χ0n) is 12.4. The van der Waals surface area contributed by atoms with Crippen molar-refractivity contribution in [1.82, 2.24) is 0 Å². The van der Waals surface area contributed by atoms with Crippen LogP contribution in [0.5, 0.6) is 5.75 Å². The lowest BCUT2D eigenvalue weighted by Gasteiger charge is -2.33. The number of amides is 1. The monoisotopic (exact) mass is 356 g/mol. The van der Waals surface area contributed by atoms with Crippen LogP contribution in [0.4, 0.5) is 24.5 Å². The van der Waals surface area contributed by atoms with Crippen molar-refractivity contribution >= 4 is 28.9 Å². The number of fused-ring (bicyclic) bond motifs is 1. The second-order valence-corrected chi connectivity index (χ2v) is 5.80. The number of nitrogens with two attached hydrogens (primary N) is 1. The van der Waals surface area contributed by atoms with E-state index in [1.807, 2.05) is 0 Å². The predicted octanol–water partition coefficient (Wildman–Crippen LogP) is 3.65. The molecule has 2 aromatic rings. The van der Waals surface area contributed by atoms with Crippen LogP contribution >= 0.6 is 11.6 Å². The molecule has 4 nitrogen and oxygen atoms in total. The minimum Gasteiger partial charge on any atom is -0.476 e. The van der Waals surface area contributed by atoms with Crippen LogP contribution in [0.3, 0.4) is 0 Å². The largest absolute Gasteiger partial charge is 0.476 e. The van der Waals surface area contributed by atoms with Crippen molar-refractivity contribution < 1.29 is 22.7 Å². The Morgan fingerprint density at radius 2 is 1.83 bits per heavy atom. The third-order valence-corrected chi connectivity index (χ3v) is 3.96. The van der Waals surface area contributed by atoms with Gasteiger partial charge in [-0.25, -0.2) is 13.2 Å². The van der Waals surface area contributed by atoms with Crippen LogP contribution in [0, 0.1) is 17.5 Å². The summed E-state index contributed by atoms with van der Waals surface area (Å²) in [6.07, 6.45) is -0.981. The van der Waals surface area contributed by atoms with Gasteiger partial charge in [-0.1, -0.05) is 11.6 Å². The Balaban J connectivity index is 2.09. The Kier molecular flexibility index (Phi) is 4.04. The lowest BCUT2D eigenvalue weighted by atomic mass is 10.1. The molecule has 1 amide bonds. The molecule has 1 aliphatic heterocycles. The summed E-state index contributed by atoms with van der Waals surface area (Å²) in [5, 5.41) is -0.0902. The maximum atomic E-state index is 14.3. The molecule has 0 fully saturated rings. The molecule has 0 bridgehead atoms. The maximum absolute atomic E-state index is 14.3. The molecular formula is C16H12ClF3N2O2. The molecule has 0 saturated carbocycles. The number of ether oxygens (including phenoxy) is 1. The highest BCUT2D eigenvalue weighted by atomic mass is 35.5. The van der Waals surface area contributed by atoms with E-state index in [1.54, 1.807) is 0 Å². The van der Waals surface area contributed by atoms with Crippen LogP contribution < -0.4 is 15.4 Å². The first-order valence-corrected chi connectivity index (χ1v) is 7.36. The minimum atomic E-state index is -0.981. The first-order valence-electron chi connectivity index (χ1n) is 6.98. The number of hydrogen-bond acceptors (Lipinski definition) is 3. The SMILES string of the molecule is C[C@@H]1Oc2c(cc(Cl)c(N)c2F)N(Cc2cc(F)cc(F)c2)C1=O. The smallest absolute Gasteiger partial charge is 0.268 e. The van der Waals surface area contributed by atoms with Gasteiger partial charge in [0.05, 0.1) is 22.9 Å². The summed E-state index contributed by atoms with van der Waals surface area (Å²) in [7, 11) is 0. The average molecular weight is 357 g/mol. The zero-order valence-corrected chi connectivity index (χ0v) is 13.2. The van der Waals surface area contributed by atoms with Crippen LogP contribution in [-0.4, -0.2) is 12.0 Å². The molecule has 0 spiro atoms. The molecule has 2 aromatic carbocycles. The van der Waals surface area contributed by atoms with Gasteiger partial charge >= 0.3 is 0 Å². The average Bonchev–Trinajstić information content (AvgIpc) is 2.50. The van der Waals surface area contributed by atoms with Crippen molar-refractivity contribution in [3.05, 3.63) is 52.3 Å². The van der Waals surface area contributed by atoms with E-state index in [4.69, 9.17) is 22.1 Å². The van der Waals surface area contributed by atoms with Gasteiger partial charge in [0.1, 0.15) is 11.6 Å². The fourth-order valence-corrected chi connectivity index (χ4v) is 2.72. The normalized spacial score (nSPS) is 16.8. The van der Waals surface area contributed by atoms with Crippen LogP contribution in [0.25, 0.3) is 0 Å². The fraction of sp³-hybridized carbons (Fsp3) is 0.188. The van der Waals surface area contributed by atoms with Gasteiger partial charge in [0.2, 0.25) is 0 Å². The summed E-state index contributed by atoms with van der Waals surface area (Å²) < 4.78 is 46.3. The quantitative estimate of drug-likeness (QED) is 0.836. The third-order valence-electron chi connectivity index (χ3n) is 3.65. The third kappa shape index (κ3) is 2.75. The number of benzene rings is 2. The second-order valence-electron chi connectivity index (χ2n) is 5.40. The molecule has 1 heterocycles. The molecule has 0 unspecified atom stereocenters. The highest BCUT2D eigenvalue weighted by Crippen LogP contribution is 2.42. The number of nitrogens with zero attached hydrogens (tertiary/aromatic N) is 1. The van der Waals surface area contributed by atoms with Gasteiger partial charge in [-0.05, 0) is 30.7 Å². The van der Waals surface area contributed by atoms with Crippen LogP contribution in [0.1, 0.15) is 12.5 Å². The molecule has 24 heavy (non-hydrogen) atoms. The van der Waals surface area contributed by atoms with Crippen molar-refractivity contribution in [2.24, 2.45) is 0 Å². The lowest BCUT2D eigenvalue weighted by molar-refractivity contribution is -0.125. The highest BCUT2D eigenvalue weighted by molar-refractivity contribution is 6.33. The van der Waals surface area contributed by atoms with E-state index in [1.165, 1.54) is 13.0 Å². The predicted molar refractivity (Wildman–Crippen MR) is 83.5 cm³/mol. The summed E-state index contributed by atoms with van der Waals surface area (Å²) in [6, 6.07) is 4.18. The lowest BCUT2D eigenvalue weighted by Crippen LogP contribution is -2.44. The molecule has 126 valence electrons. The number of nitrogen functional groups attached to an aromatic ring is 1. The minimum absolute atomic E-state index is 0.0551. The second kappa shape index (κ2) is 5.90. The van der Waals surface area contributed by atoms with Crippen molar-refractivity contribution in [1.29, 1.82) is 0 Å². The topological polar surface area (TPSA) is 55.6 Å². The number of anilines is 2. The molecule has 0 radical (unpaired) electrons. The van der Waals surface area contributed by atoms with Crippen molar-refractivity contribution in [2.45, 2.75) is 19.6 Å². The number of halogens is 4. The first-order chi connectivity index (χ1) is 11.3. The van der Waals surface area contributed by atoms with E-state index in [2.05, 4.69) is 0 Å². The number of carbonyl (C=O) groups excluding carboxylic acids is 1. The summed E-state index contributed by atoms with van der Waals surface area (Å²) in [6.45, 7) is 1.27. The number of rotatable bonds is 2. The van der Waals surface area contributed by atoms with Gasteiger partial charge in [-0.3, -0.25) is 4.79 Å². The van der Waals surface area contributed by atoms with Crippen molar-refractivity contribution in [3.8, 4) is 5.75 Å². The Morgan fingerprint density at radius 1 is 1.21 bits per heavy atom. The molecule has 0 aliphatic carbocycles. The summed E-state index contributed by atoms with van der Waals surface area (Å²) in [5.41, 5.74) is 5.49. The first kappa shape index (κ1) is 16.4. The number of carbonyl (C=O) groups is 1. The molecule has 0 aromatic heterocycles. The molecular weight excluding hydrogens is 345 g/mol. The molecule has 3 rings (SSSR count). The Labute approximate surface area is 140 Å². The summed E-state index contributed by atoms with van der Waals surface area (Å²) >= 11 is 5.88. The van der Waals surface area contributed by atoms with Crippen molar-refractivity contribution in [3.63, 3.8) is 0 Å². The molecule has 0 saturated heterocycles. The van der Waals surface area contributed by atoms with E-state index in [0.29, 0.717) is 0 Å². The maximum Gasteiger partial charge on any atom is 0.268 e. The van der Waals surface area contributed by atoms with Crippen LogP contribution in [0.15, 0.2) is 24.3 Å². The van der Waals surface area contributed by atoms with E-state index < -0.39 is 29.5 Å². The van der Waals surface area contributed by atoms with Gasteiger partial charge in [0.25, 0.3) is 5.91 Å². The van der Waals surface area contributed by atoms with E-state index in [0.717, 1.165) is 23.1 Å². The van der Waals surface area contributed by atoms with E-state index in [9.17, 15) is 18.0 Å². The van der Waals surface area contributed by atoms with Crippen LogP contribution in [0.2, 0.25) is 5.02 Å². The standard InChI is InChI=1S/C16H12ClF3N2O2/c1-7-16(23)22(6-8-2-9(18)4-10(19)3-8)12-5-11(17)14(21)13(20)15(12)24-7/h2-5,7H,6,21H2,1H3/t7-/m0/s1. The van der Waals surface area contributed by atoms with Crippen molar-refractivity contribution in [2.75, 3.05) is 10.6 Å². The fourth-order valence-electron chi connectivity index (χ4n) is 2.53. The Bertz CT molecular complexity index is 824. The van der Waals surface area contributed by atoms with E-state index >= 15 is 0 Å². The summed E-state index contributed by atoms with van der Waals surface area (Å²) in [4.78, 5) is 13.5. The molecule has 1 aliphatic rings. The Hall–Kier alpha value is -2.41. The van der Waals surface area contributed by atoms with Gasteiger partial charge in [0, 0.05) is 6.07 Å². The van der Waals surface area contributed by atoms with Crippen LogP contribution in [-0.2, 0) is 11.3 Å². The molecule has 1 atom stereocenters. The molecule has 8 heteroatoms. The highest BCUT2D eigenvalue weighted by Gasteiger charge is 2.35. The van der Waals surface area contributed by atoms with Gasteiger partial charge in [-0.2, -0.15) is 0 Å². The number of hydrogen-bond donors (Lipinski definition) is 1. The van der Waals surface area contributed by atoms with Gasteiger partial charge in [0.15, 0.2) is 17.7 Å². The molecule has 2 N–H and O–H groups in total. The zero-order chi connectivity index (χ0) is 17.6. The van der Waals surface area contributed by atoms with Gasteiger partial charge in [-0.15, -0.1) is 0 Å². The Morgan fingerprint density at radius 3 is 2.46 bits per heavy atom. The van der Waals surface area contributed by atoms with Gasteiger partial charge < -0.3 is 15.4 Å². The summed E-state index contributed by atoms with van der Waals surface area (Å²) in [5.74, 6) is -3.15.